The first-order chi connectivity index (χ1) is 11.6. The van der Waals surface area contributed by atoms with Crippen molar-refractivity contribution in [1.82, 2.24) is 0 Å². The fourth-order valence-corrected chi connectivity index (χ4v) is 2.34. The van der Waals surface area contributed by atoms with Crippen LogP contribution in [0.4, 0.5) is 5.69 Å². The maximum atomic E-state index is 12.2. The lowest BCUT2D eigenvalue weighted by Gasteiger charge is -2.19. The van der Waals surface area contributed by atoms with Crippen molar-refractivity contribution < 1.29 is 19.7 Å². The number of nitriles is 1. The summed E-state index contributed by atoms with van der Waals surface area (Å²) in [5.74, 6) is -0.502. The molecule has 0 saturated carbocycles. The van der Waals surface area contributed by atoms with Gasteiger partial charge in [-0.1, -0.05) is 18.2 Å². The van der Waals surface area contributed by atoms with E-state index in [1.54, 1.807) is 42.5 Å². The summed E-state index contributed by atoms with van der Waals surface area (Å²) in [6, 6.07) is 12.9. The highest BCUT2D eigenvalue weighted by atomic mass is 16.5. The van der Waals surface area contributed by atoms with Gasteiger partial charge in [-0.3, -0.25) is 0 Å². The summed E-state index contributed by atoms with van der Waals surface area (Å²) < 4.78 is 4.85. The number of benzene rings is 2. The molecule has 0 saturated heterocycles. The van der Waals surface area contributed by atoms with Crippen LogP contribution in [0.2, 0.25) is 0 Å². The van der Waals surface area contributed by atoms with Gasteiger partial charge in [-0.25, -0.2) is 4.79 Å². The van der Waals surface area contributed by atoms with E-state index in [9.17, 15) is 15.0 Å². The molecule has 2 rings (SSSR count). The number of aliphatic hydroxyl groups excluding tert-OH is 2. The minimum Gasteiger partial charge on any atom is -0.467 e. The quantitative estimate of drug-likeness (QED) is 0.700. The summed E-state index contributed by atoms with van der Waals surface area (Å²) in [7, 11) is 1.29. The van der Waals surface area contributed by atoms with Crippen LogP contribution in [-0.2, 0) is 22.7 Å². The van der Waals surface area contributed by atoms with Crippen molar-refractivity contribution in [2.24, 2.45) is 0 Å². The van der Waals surface area contributed by atoms with Crippen molar-refractivity contribution in [1.29, 1.82) is 5.26 Å². The van der Waals surface area contributed by atoms with Crippen molar-refractivity contribution in [3.63, 3.8) is 0 Å². The highest BCUT2D eigenvalue weighted by Gasteiger charge is 2.22. The minimum atomic E-state index is -0.806. The molecular weight excluding hydrogens is 308 g/mol. The first kappa shape index (κ1) is 17.5. The maximum absolute atomic E-state index is 12.2. The summed E-state index contributed by atoms with van der Waals surface area (Å²) in [4.78, 5) is 12.2. The van der Waals surface area contributed by atoms with Gasteiger partial charge in [0.15, 0.2) is 6.04 Å². The molecule has 24 heavy (non-hydrogen) atoms. The van der Waals surface area contributed by atoms with E-state index in [-0.39, 0.29) is 13.2 Å². The molecule has 0 bridgehead atoms. The van der Waals surface area contributed by atoms with Crippen LogP contribution in [0, 0.1) is 11.3 Å². The Labute approximate surface area is 139 Å². The first-order valence-electron chi connectivity index (χ1n) is 7.30. The number of nitrogens with zero attached hydrogens (tertiary/aromatic N) is 1. The Morgan fingerprint density at radius 3 is 2.21 bits per heavy atom. The first-order valence-corrected chi connectivity index (χ1v) is 7.30. The zero-order valence-electron chi connectivity index (χ0n) is 13.2. The number of anilines is 1. The Kier molecular flexibility index (Phi) is 5.90. The lowest BCUT2D eigenvalue weighted by Crippen LogP contribution is -2.22. The SMILES string of the molecule is COC(=O)C(Nc1ccc(C#N)cc1)c1cc(CO)cc(CO)c1. The molecule has 0 aliphatic rings. The van der Waals surface area contributed by atoms with Gasteiger partial charge in [-0.05, 0) is 41.0 Å². The van der Waals surface area contributed by atoms with Crippen molar-refractivity contribution in [2.45, 2.75) is 19.3 Å². The van der Waals surface area contributed by atoms with Crippen molar-refractivity contribution in [3.05, 3.63) is 64.7 Å². The zero-order valence-corrected chi connectivity index (χ0v) is 13.2. The zero-order chi connectivity index (χ0) is 17.5. The van der Waals surface area contributed by atoms with Gasteiger partial charge in [0.2, 0.25) is 0 Å². The molecule has 0 aliphatic carbocycles. The summed E-state index contributed by atoms with van der Waals surface area (Å²) in [6.07, 6.45) is 0. The third-order valence-corrected chi connectivity index (χ3v) is 3.54. The van der Waals surface area contributed by atoms with Crippen LogP contribution in [0.5, 0.6) is 0 Å². The number of hydrogen-bond donors (Lipinski definition) is 3. The Morgan fingerprint density at radius 2 is 1.75 bits per heavy atom. The molecule has 0 heterocycles. The molecule has 1 unspecified atom stereocenters. The van der Waals surface area contributed by atoms with E-state index in [0.29, 0.717) is 27.9 Å². The van der Waals surface area contributed by atoms with Crippen molar-refractivity contribution in [3.8, 4) is 6.07 Å². The smallest absolute Gasteiger partial charge is 0.332 e. The fraction of sp³-hybridized carbons (Fsp3) is 0.222. The van der Waals surface area contributed by atoms with Gasteiger partial charge >= 0.3 is 5.97 Å². The molecule has 6 heteroatoms. The van der Waals surface area contributed by atoms with E-state index in [0.717, 1.165) is 0 Å². The standard InChI is InChI=1S/C18H18N2O4/c1-24-18(23)17(20-16-4-2-12(9-19)3-5-16)15-7-13(10-21)6-14(8-15)11-22/h2-8,17,20-22H,10-11H2,1H3. The van der Waals surface area contributed by atoms with E-state index in [1.165, 1.54) is 7.11 Å². The van der Waals surface area contributed by atoms with Crippen molar-refractivity contribution >= 4 is 11.7 Å². The highest BCUT2D eigenvalue weighted by molar-refractivity contribution is 5.81. The van der Waals surface area contributed by atoms with Gasteiger partial charge in [-0.2, -0.15) is 5.26 Å². The second kappa shape index (κ2) is 8.11. The molecule has 1 atom stereocenters. The molecule has 3 N–H and O–H groups in total. The molecule has 0 radical (unpaired) electrons. The van der Waals surface area contributed by atoms with E-state index >= 15 is 0 Å². The van der Waals surface area contributed by atoms with Gasteiger partial charge in [0.05, 0.1) is 32.0 Å². The van der Waals surface area contributed by atoms with Crippen molar-refractivity contribution in [2.75, 3.05) is 12.4 Å². The fourth-order valence-electron chi connectivity index (χ4n) is 2.34. The molecule has 0 spiro atoms. The monoisotopic (exact) mass is 326 g/mol. The lowest BCUT2D eigenvalue weighted by atomic mass is 10.00. The molecule has 0 amide bonds. The molecule has 6 nitrogen and oxygen atoms in total. The van der Waals surface area contributed by atoms with Crippen LogP contribution in [0.25, 0.3) is 0 Å². The molecule has 2 aromatic rings. The Morgan fingerprint density at radius 1 is 1.17 bits per heavy atom. The molecule has 0 aromatic heterocycles. The number of nitrogens with one attached hydrogen (secondary N) is 1. The second-order valence-corrected chi connectivity index (χ2v) is 5.19. The number of aliphatic hydroxyl groups is 2. The Hall–Kier alpha value is -2.88. The Balaban J connectivity index is 2.37. The number of carbonyl (C=O) groups excluding carboxylic acids is 1. The van der Waals surface area contributed by atoms with E-state index in [4.69, 9.17) is 10.00 Å². The number of methoxy groups -OCH3 is 1. The number of hydrogen-bond acceptors (Lipinski definition) is 6. The van der Waals surface area contributed by atoms with Gasteiger partial charge in [0, 0.05) is 5.69 Å². The third-order valence-electron chi connectivity index (χ3n) is 3.54. The molecule has 2 aromatic carbocycles. The van der Waals surface area contributed by atoms with Crippen LogP contribution in [0.1, 0.15) is 28.3 Å². The summed E-state index contributed by atoms with van der Waals surface area (Å²) in [5.41, 5.74) is 2.91. The summed E-state index contributed by atoms with van der Waals surface area (Å²) >= 11 is 0. The topological polar surface area (TPSA) is 103 Å². The average molecular weight is 326 g/mol. The third kappa shape index (κ3) is 4.10. The van der Waals surface area contributed by atoms with Gasteiger partial charge in [-0.15, -0.1) is 0 Å². The van der Waals surface area contributed by atoms with Gasteiger partial charge in [0.1, 0.15) is 0 Å². The Bertz CT molecular complexity index is 728. The molecular formula is C18H18N2O4. The van der Waals surface area contributed by atoms with Gasteiger partial charge < -0.3 is 20.3 Å². The average Bonchev–Trinajstić information content (AvgIpc) is 2.65. The summed E-state index contributed by atoms with van der Waals surface area (Å²) in [6.45, 7) is -0.406. The molecule has 0 aliphatic heterocycles. The number of rotatable bonds is 6. The predicted octanol–water partition coefficient (Wildman–Crippen LogP) is 1.87. The van der Waals surface area contributed by atoms with E-state index < -0.39 is 12.0 Å². The van der Waals surface area contributed by atoms with E-state index in [2.05, 4.69) is 5.32 Å². The minimum absolute atomic E-state index is 0.203. The maximum Gasteiger partial charge on any atom is 0.332 e. The number of esters is 1. The second-order valence-electron chi connectivity index (χ2n) is 5.19. The van der Waals surface area contributed by atoms with Gasteiger partial charge in [0.25, 0.3) is 0 Å². The van der Waals surface area contributed by atoms with Crippen LogP contribution in [0.3, 0.4) is 0 Å². The normalized spacial score (nSPS) is 11.4. The van der Waals surface area contributed by atoms with Crippen LogP contribution in [0.15, 0.2) is 42.5 Å². The molecule has 124 valence electrons. The lowest BCUT2D eigenvalue weighted by molar-refractivity contribution is -0.141. The highest BCUT2D eigenvalue weighted by Crippen LogP contribution is 2.24. The van der Waals surface area contributed by atoms with Crippen LogP contribution >= 0.6 is 0 Å². The number of ether oxygens (including phenoxy) is 1. The number of carbonyl (C=O) groups is 1. The predicted molar refractivity (Wildman–Crippen MR) is 87.8 cm³/mol. The van der Waals surface area contributed by atoms with Crippen LogP contribution in [-0.4, -0.2) is 23.3 Å². The summed E-state index contributed by atoms with van der Waals surface area (Å²) in [5, 5.41) is 30.6. The van der Waals surface area contributed by atoms with Crippen LogP contribution < -0.4 is 5.32 Å². The van der Waals surface area contributed by atoms with E-state index in [1.807, 2.05) is 6.07 Å². The molecule has 0 fully saturated rings. The largest absolute Gasteiger partial charge is 0.467 e.